The Morgan fingerprint density at radius 2 is 1.89 bits per heavy atom. The van der Waals surface area contributed by atoms with Crippen LogP contribution >= 0.6 is 0 Å². The van der Waals surface area contributed by atoms with Gasteiger partial charge in [0.15, 0.2) is 6.29 Å². The number of aldehydes is 1. The van der Waals surface area contributed by atoms with E-state index in [1.165, 1.54) is 12.7 Å². The average molecular weight is 510 g/mol. The monoisotopic (exact) mass is 509 g/mol. The molecular weight excluding hydrogens is 470 g/mol. The van der Waals surface area contributed by atoms with Crippen molar-refractivity contribution in [2.24, 2.45) is 0 Å². The van der Waals surface area contributed by atoms with Crippen molar-refractivity contribution < 1.29 is 23.8 Å². The van der Waals surface area contributed by atoms with E-state index >= 15 is 0 Å². The van der Waals surface area contributed by atoms with Gasteiger partial charge in [-0.25, -0.2) is 9.48 Å². The maximum Gasteiger partial charge on any atom is 0.409 e. The number of likely N-dealkylation sites (tertiary alicyclic amines) is 1. The van der Waals surface area contributed by atoms with Crippen LogP contribution < -0.4 is 0 Å². The van der Waals surface area contributed by atoms with Crippen LogP contribution in [0, 0.1) is 0 Å². The first kappa shape index (κ1) is 25.9. The van der Waals surface area contributed by atoms with E-state index in [1.54, 1.807) is 11.1 Å². The molecule has 5 rings (SSSR count). The number of benzene rings is 1. The van der Waals surface area contributed by atoms with Gasteiger partial charge in [0.2, 0.25) is 0 Å². The number of carbonyl (C=O) groups is 2. The first-order chi connectivity index (χ1) is 18.2. The van der Waals surface area contributed by atoms with Gasteiger partial charge < -0.3 is 19.1 Å². The summed E-state index contributed by atoms with van der Waals surface area (Å²) in [6.45, 7) is 1.72. The van der Waals surface area contributed by atoms with Crippen molar-refractivity contribution in [1.29, 1.82) is 0 Å². The van der Waals surface area contributed by atoms with Gasteiger partial charge in [0.25, 0.3) is 0 Å². The van der Waals surface area contributed by atoms with Crippen LogP contribution in [-0.2, 0) is 14.2 Å². The predicted molar refractivity (Wildman–Crippen MR) is 139 cm³/mol. The molecule has 1 amide bonds. The van der Waals surface area contributed by atoms with Gasteiger partial charge >= 0.3 is 6.09 Å². The molecule has 0 radical (unpaired) electrons. The lowest BCUT2D eigenvalue weighted by Gasteiger charge is -2.42. The summed E-state index contributed by atoms with van der Waals surface area (Å²) in [6, 6.07) is 10.5. The second kappa shape index (κ2) is 12.2. The van der Waals surface area contributed by atoms with Crippen molar-refractivity contribution in [1.82, 2.24) is 14.7 Å². The first-order valence-corrected chi connectivity index (χ1v) is 13.8. The molecule has 0 bridgehead atoms. The zero-order chi connectivity index (χ0) is 25.6. The summed E-state index contributed by atoms with van der Waals surface area (Å²) in [6.07, 6.45) is 11.0. The van der Waals surface area contributed by atoms with Crippen molar-refractivity contribution in [3.63, 3.8) is 0 Å². The standard InChI is InChI=1S/C29H39N3O5/c1-35-29(34)31-16-7-10-25(28-23(19-33)18-30-32(28)27-11-5-6-17-36-27)26(31)20-37-24-14-12-22(13-15-24)21-8-3-2-4-9-21/h2-4,8-9,18-19,22,24-27H,5-7,10-17,20H2,1H3/t22?,24?,25?,26-,27?/m0/s1. The molecule has 1 aromatic carbocycles. The van der Waals surface area contributed by atoms with E-state index in [0.717, 1.165) is 69.8 Å². The lowest BCUT2D eigenvalue weighted by Crippen LogP contribution is -2.51. The number of nitrogens with zero attached hydrogens (tertiary/aromatic N) is 3. The molecule has 2 unspecified atom stereocenters. The summed E-state index contributed by atoms with van der Waals surface area (Å²) in [7, 11) is 1.42. The molecule has 0 spiro atoms. The molecule has 0 N–H and O–H groups in total. The summed E-state index contributed by atoms with van der Waals surface area (Å²) in [4.78, 5) is 26.7. The Morgan fingerprint density at radius 1 is 1.08 bits per heavy atom. The predicted octanol–water partition coefficient (Wildman–Crippen LogP) is 5.45. The van der Waals surface area contributed by atoms with Crippen molar-refractivity contribution in [2.45, 2.75) is 88.0 Å². The largest absolute Gasteiger partial charge is 0.453 e. The van der Waals surface area contributed by atoms with Gasteiger partial charge in [-0.2, -0.15) is 5.10 Å². The smallest absolute Gasteiger partial charge is 0.409 e. The highest BCUT2D eigenvalue weighted by atomic mass is 16.5. The molecule has 3 fully saturated rings. The molecule has 37 heavy (non-hydrogen) atoms. The number of hydrogen-bond acceptors (Lipinski definition) is 6. The van der Waals surface area contributed by atoms with Gasteiger partial charge in [-0.3, -0.25) is 4.79 Å². The van der Waals surface area contributed by atoms with Gasteiger partial charge in [0.1, 0.15) is 6.23 Å². The quantitative estimate of drug-likeness (QED) is 0.462. The molecule has 1 aliphatic carbocycles. The molecule has 8 nitrogen and oxygen atoms in total. The number of amides is 1. The van der Waals surface area contributed by atoms with Gasteiger partial charge in [-0.05, 0) is 69.3 Å². The molecule has 2 aromatic rings. The highest BCUT2D eigenvalue weighted by molar-refractivity contribution is 5.76. The summed E-state index contributed by atoms with van der Waals surface area (Å²) >= 11 is 0. The fraction of sp³-hybridized carbons (Fsp3) is 0.621. The molecule has 3 atom stereocenters. The van der Waals surface area contributed by atoms with Gasteiger partial charge in [0, 0.05) is 19.1 Å². The Labute approximate surface area is 219 Å². The Balaban J connectivity index is 1.33. The molecule has 200 valence electrons. The Bertz CT molecular complexity index is 1030. The average Bonchev–Trinajstić information content (AvgIpc) is 3.41. The number of aromatic nitrogens is 2. The maximum atomic E-state index is 12.8. The third kappa shape index (κ3) is 5.75. The van der Waals surface area contributed by atoms with E-state index in [2.05, 4.69) is 35.4 Å². The van der Waals surface area contributed by atoms with Crippen LogP contribution in [-0.4, -0.2) is 66.1 Å². The van der Waals surface area contributed by atoms with E-state index in [9.17, 15) is 9.59 Å². The molecule has 3 aliphatic rings. The van der Waals surface area contributed by atoms with E-state index in [1.807, 2.05) is 4.68 Å². The van der Waals surface area contributed by atoms with Crippen LogP contribution in [0.1, 0.15) is 97.5 Å². The van der Waals surface area contributed by atoms with E-state index in [0.29, 0.717) is 31.2 Å². The van der Waals surface area contributed by atoms with Crippen LogP contribution in [0.4, 0.5) is 4.79 Å². The summed E-state index contributed by atoms with van der Waals surface area (Å²) in [5.74, 6) is 0.497. The van der Waals surface area contributed by atoms with Crippen molar-refractivity contribution >= 4 is 12.4 Å². The Hall–Kier alpha value is -2.71. The fourth-order valence-corrected chi connectivity index (χ4v) is 6.45. The second-order valence-electron chi connectivity index (χ2n) is 10.6. The Morgan fingerprint density at radius 3 is 2.59 bits per heavy atom. The number of ether oxygens (including phenoxy) is 3. The summed E-state index contributed by atoms with van der Waals surface area (Å²) < 4.78 is 19.6. The molecule has 1 saturated carbocycles. The lowest BCUT2D eigenvalue weighted by molar-refractivity contribution is -0.0467. The third-order valence-electron chi connectivity index (χ3n) is 8.41. The highest BCUT2D eigenvalue weighted by Gasteiger charge is 2.40. The number of rotatable bonds is 7. The molecule has 2 saturated heterocycles. The third-order valence-corrected chi connectivity index (χ3v) is 8.41. The zero-order valence-electron chi connectivity index (χ0n) is 21.8. The minimum absolute atomic E-state index is 0.0817. The van der Waals surface area contributed by atoms with Crippen LogP contribution in [0.3, 0.4) is 0 Å². The maximum absolute atomic E-state index is 12.8. The molecule has 2 aliphatic heterocycles. The summed E-state index contributed by atoms with van der Waals surface area (Å²) in [5.41, 5.74) is 2.83. The molecule has 3 heterocycles. The van der Waals surface area contributed by atoms with Crippen LogP contribution in [0.5, 0.6) is 0 Å². The molecular formula is C29H39N3O5. The van der Waals surface area contributed by atoms with Gasteiger partial charge in [0.05, 0.1) is 43.3 Å². The van der Waals surface area contributed by atoms with E-state index in [-0.39, 0.29) is 30.4 Å². The minimum atomic E-state index is -0.348. The number of piperidine rings is 1. The van der Waals surface area contributed by atoms with Crippen LogP contribution in [0.25, 0.3) is 0 Å². The van der Waals surface area contributed by atoms with E-state index in [4.69, 9.17) is 14.2 Å². The van der Waals surface area contributed by atoms with Crippen molar-refractivity contribution in [3.8, 4) is 0 Å². The zero-order valence-corrected chi connectivity index (χ0v) is 21.8. The van der Waals surface area contributed by atoms with Crippen LogP contribution in [0.2, 0.25) is 0 Å². The fourth-order valence-electron chi connectivity index (χ4n) is 6.45. The first-order valence-electron chi connectivity index (χ1n) is 13.8. The Kier molecular flexibility index (Phi) is 8.56. The van der Waals surface area contributed by atoms with Gasteiger partial charge in [-0.1, -0.05) is 30.3 Å². The van der Waals surface area contributed by atoms with Crippen LogP contribution in [0.15, 0.2) is 36.5 Å². The van der Waals surface area contributed by atoms with Crippen molar-refractivity contribution in [3.05, 3.63) is 53.3 Å². The molecule has 8 heteroatoms. The number of carbonyl (C=O) groups excluding carboxylic acids is 2. The topological polar surface area (TPSA) is 82.9 Å². The lowest BCUT2D eigenvalue weighted by atomic mass is 9.82. The SMILES string of the molecule is COC(=O)N1CCCC(c2c(C=O)cnn2C2CCCCO2)[C@@H]1COC1CCC(c2ccccc2)CC1. The van der Waals surface area contributed by atoms with E-state index < -0.39 is 0 Å². The van der Waals surface area contributed by atoms with Gasteiger partial charge in [-0.15, -0.1) is 0 Å². The normalized spacial score (nSPS) is 28.6. The minimum Gasteiger partial charge on any atom is -0.453 e. The molecule has 1 aromatic heterocycles. The second-order valence-corrected chi connectivity index (χ2v) is 10.6. The highest BCUT2D eigenvalue weighted by Crippen LogP contribution is 2.39. The number of methoxy groups -OCH3 is 1. The number of hydrogen-bond donors (Lipinski definition) is 0. The summed E-state index contributed by atoms with van der Waals surface area (Å²) in [5, 5.41) is 4.58. The van der Waals surface area contributed by atoms with Crippen molar-refractivity contribution in [2.75, 3.05) is 26.9 Å².